The molecule has 0 amide bonds. The number of likely N-dealkylation sites (tertiary alicyclic amines) is 1. The van der Waals surface area contributed by atoms with Gasteiger partial charge in [0.05, 0.1) is 0 Å². The number of hydrogen-bond donors (Lipinski definition) is 1. The van der Waals surface area contributed by atoms with E-state index in [2.05, 4.69) is 35.2 Å². The lowest BCUT2D eigenvalue weighted by molar-refractivity contribution is 0.346. The standard InChI is InChI=1S/C16H26ClN3/c1-3-18-13-14-15(17)7-6-8-16(14)19(2)11-12-20-9-4-5-10-20/h6-8,18H,3-5,9-13H2,1-2H3. The third-order valence-corrected chi connectivity index (χ3v) is 4.36. The Hall–Kier alpha value is -0.770. The van der Waals surface area contributed by atoms with Gasteiger partial charge in [0, 0.05) is 43.0 Å². The number of benzene rings is 1. The molecule has 0 atom stereocenters. The summed E-state index contributed by atoms with van der Waals surface area (Å²) in [4.78, 5) is 4.88. The molecule has 1 saturated heterocycles. The van der Waals surface area contributed by atoms with Gasteiger partial charge in [-0.05, 0) is 44.6 Å². The van der Waals surface area contributed by atoms with E-state index in [9.17, 15) is 0 Å². The number of halogens is 1. The fourth-order valence-corrected chi connectivity index (χ4v) is 2.98. The first-order chi connectivity index (χ1) is 9.72. The molecule has 0 saturated carbocycles. The summed E-state index contributed by atoms with van der Waals surface area (Å²) in [7, 11) is 2.16. The minimum Gasteiger partial charge on any atom is -0.373 e. The SMILES string of the molecule is CCNCc1c(Cl)cccc1N(C)CCN1CCCC1. The Kier molecular flexibility index (Phi) is 6.14. The summed E-state index contributed by atoms with van der Waals surface area (Å²) in [6.45, 7) is 8.62. The fourth-order valence-electron chi connectivity index (χ4n) is 2.75. The van der Waals surface area contributed by atoms with Crippen LogP contribution in [0, 0.1) is 0 Å². The van der Waals surface area contributed by atoms with E-state index in [1.54, 1.807) is 0 Å². The van der Waals surface area contributed by atoms with Crippen LogP contribution in [0.3, 0.4) is 0 Å². The second-order valence-electron chi connectivity index (χ2n) is 5.49. The molecule has 0 aliphatic carbocycles. The average Bonchev–Trinajstić information content (AvgIpc) is 2.96. The molecule has 0 aromatic heterocycles. The molecule has 4 heteroatoms. The minimum atomic E-state index is 0.833. The van der Waals surface area contributed by atoms with Crippen molar-refractivity contribution in [2.24, 2.45) is 0 Å². The summed E-state index contributed by atoms with van der Waals surface area (Å²) in [5.74, 6) is 0. The Morgan fingerprint density at radius 1 is 1.30 bits per heavy atom. The molecule has 1 aliphatic rings. The first kappa shape index (κ1) is 15.6. The van der Waals surface area contributed by atoms with Gasteiger partial charge in [0.1, 0.15) is 0 Å². The van der Waals surface area contributed by atoms with E-state index in [4.69, 9.17) is 11.6 Å². The van der Waals surface area contributed by atoms with Gasteiger partial charge in [-0.1, -0.05) is 24.6 Å². The second kappa shape index (κ2) is 7.87. The van der Waals surface area contributed by atoms with E-state index in [1.165, 1.54) is 37.2 Å². The molecular weight excluding hydrogens is 270 g/mol. The maximum atomic E-state index is 6.36. The van der Waals surface area contributed by atoms with Crippen LogP contribution in [-0.4, -0.2) is 44.7 Å². The highest BCUT2D eigenvalue weighted by atomic mass is 35.5. The lowest BCUT2D eigenvalue weighted by atomic mass is 10.1. The van der Waals surface area contributed by atoms with Crippen molar-refractivity contribution in [3.63, 3.8) is 0 Å². The van der Waals surface area contributed by atoms with Crippen LogP contribution in [0.15, 0.2) is 18.2 Å². The monoisotopic (exact) mass is 295 g/mol. The molecule has 0 unspecified atom stereocenters. The maximum absolute atomic E-state index is 6.36. The van der Waals surface area contributed by atoms with Gasteiger partial charge in [-0.3, -0.25) is 0 Å². The number of hydrogen-bond acceptors (Lipinski definition) is 3. The molecule has 2 rings (SSSR count). The Bertz CT molecular complexity index is 416. The zero-order chi connectivity index (χ0) is 14.4. The minimum absolute atomic E-state index is 0.833. The van der Waals surface area contributed by atoms with Gasteiger partial charge in [-0.2, -0.15) is 0 Å². The molecule has 3 nitrogen and oxygen atoms in total. The van der Waals surface area contributed by atoms with Crippen molar-refractivity contribution in [2.75, 3.05) is 44.7 Å². The van der Waals surface area contributed by atoms with Crippen LogP contribution in [0.5, 0.6) is 0 Å². The predicted octanol–water partition coefficient (Wildman–Crippen LogP) is 2.98. The van der Waals surface area contributed by atoms with Gasteiger partial charge in [0.25, 0.3) is 0 Å². The number of likely N-dealkylation sites (N-methyl/N-ethyl adjacent to an activating group) is 1. The number of nitrogens with zero attached hydrogens (tertiary/aromatic N) is 2. The largest absolute Gasteiger partial charge is 0.373 e. The van der Waals surface area contributed by atoms with E-state index < -0.39 is 0 Å². The molecule has 1 N–H and O–H groups in total. The van der Waals surface area contributed by atoms with Gasteiger partial charge in [-0.15, -0.1) is 0 Å². The Morgan fingerprint density at radius 3 is 2.75 bits per heavy atom. The Morgan fingerprint density at radius 2 is 2.05 bits per heavy atom. The second-order valence-corrected chi connectivity index (χ2v) is 5.90. The van der Waals surface area contributed by atoms with Crippen molar-refractivity contribution >= 4 is 17.3 Å². The molecule has 1 heterocycles. The van der Waals surface area contributed by atoms with Crippen LogP contribution >= 0.6 is 11.6 Å². The molecule has 112 valence electrons. The van der Waals surface area contributed by atoms with Gasteiger partial charge in [-0.25, -0.2) is 0 Å². The molecule has 1 fully saturated rings. The van der Waals surface area contributed by atoms with Crippen LogP contribution < -0.4 is 10.2 Å². The van der Waals surface area contributed by atoms with Crippen LogP contribution in [0.4, 0.5) is 5.69 Å². The van der Waals surface area contributed by atoms with E-state index in [-0.39, 0.29) is 0 Å². The number of rotatable bonds is 7. The summed E-state index contributed by atoms with van der Waals surface area (Å²) in [5.41, 5.74) is 2.46. The summed E-state index contributed by atoms with van der Waals surface area (Å²) in [6, 6.07) is 6.19. The van der Waals surface area contributed by atoms with E-state index >= 15 is 0 Å². The van der Waals surface area contributed by atoms with Gasteiger partial charge < -0.3 is 15.1 Å². The lowest BCUT2D eigenvalue weighted by Gasteiger charge is -2.26. The van der Waals surface area contributed by atoms with Crippen LogP contribution in [-0.2, 0) is 6.54 Å². The first-order valence-electron chi connectivity index (χ1n) is 7.64. The van der Waals surface area contributed by atoms with Crippen molar-refractivity contribution in [1.82, 2.24) is 10.2 Å². The molecule has 1 aromatic carbocycles. The number of nitrogens with one attached hydrogen (secondary N) is 1. The Labute approximate surface area is 127 Å². The normalized spacial score (nSPS) is 15.8. The molecule has 1 aliphatic heterocycles. The zero-order valence-electron chi connectivity index (χ0n) is 12.7. The summed E-state index contributed by atoms with van der Waals surface area (Å²) in [5, 5.41) is 4.23. The average molecular weight is 296 g/mol. The quantitative estimate of drug-likeness (QED) is 0.834. The summed E-state index contributed by atoms with van der Waals surface area (Å²) >= 11 is 6.36. The van der Waals surface area contributed by atoms with Crippen LogP contribution in [0.25, 0.3) is 0 Å². The summed E-state index contributed by atoms with van der Waals surface area (Å²) in [6.07, 6.45) is 2.71. The first-order valence-corrected chi connectivity index (χ1v) is 8.01. The van der Waals surface area contributed by atoms with Crippen molar-refractivity contribution < 1.29 is 0 Å². The van der Waals surface area contributed by atoms with E-state index in [1.807, 2.05) is 12.1 Å². The topological polar surface area (TPSA) is 18.5 Å². The van der Waals surface area contributed by atoms with Crippen LogP contribution in [0.2, 0.25) is 5.02 Å². The third kappa shape index (κ3) is 4.11. The fraction of sp³-hybridized carbons (Fsp3) is 0.625. The van der Waals surface area contributed by atoms with Crippen molar-refractivity contribution in [3.8, 4) is 0 Å². The maximum Gasteiger partial charge on any atom is 0.0471 e. The highest BCUT2D eigenvalue weighted by molar-refractivity contribution is 6.31. The van der Waals surface area contributed by atoms with Crippen molar-refractivity contribution in [1.29, 1.82) is 0 Å². The highest BCUT2D eigenvalue weighted by Crippen LogP contribution is 2.26. The molecule has 1 aromatic rings. The molecule has 20 heavy (non-hydrogen) atoms. The zero-order valence-corrected chi connectivity index (χ0v) is 13.4. The van der Waals surface area contributed by atoms with E-state index in [0.29, 0.717) is 0 Å². The highest BCUT2D eigenvalue weighted by Gasteiger charge is 2.14. The smallest absolute Gasteiger partial charge is 0.0471 e. The summed E-state index contributed by atoms with van der Waals surface area (Å²) < 4.78 is 0. The molecule has 0 spiro atoms. The van der Waals surface area contributed by atoms with Gasteiger partial charge in [0.15, 0.2) is 0 Å². The van der Waals surface area contributed by atoms with Crippen LogP contribution in [0.1, 0.15) is 25.3 Å². The predicted molar refractivity (Wildman–Crippen MR) is 87.8 cm³/mol. The third-order valence-electron chi connectivity index (χ3n) is 4.01. The lowest BCUT2D eigenvalue weighted by Crippen LogP contribution is -2.32. The number of anilines is 1. The van der Waals surface area contributed by atoms with E-state index in [0.717, 1.165) is 31.2 Å². The molecular formula is C16H26ClN3. The van der Waals surface area contributed by atoms with Gasteiger partial charge >= 0.3 is 0 Å². The molecule has 0 bridgehead atoms. The van der Waals surface area contributed by atoms with Crippen molar-refractivity contribution in [3.05, 3.63) is 28.8 Å². The van der Waals surface area contributed by atoms with Crippen molar-refractivity contribution in [2.45, 2.75) is 26.3 Å². The van der Waals surface area contributed by atoms with Gasteiger partial charge in [0.2, 0.25) is 0 Å². The molecule has 0 radical (unpaired) electrons. The Balaban J connectivity index is 1.99.